The van der Waals surface area contributed by atoms with Crippen molar-refractivity contribution in [2.24, 2.45) is 0 Å². The quantitative estimate of drug-likeness (QED) is 0.595. The van der Waals surface area contributed by atoms with Gasteiger partial charge in [-0.15, -0.1) is 0 Å². The molecule has 0 heterocycles. The first-order chi connectivity index (χ1) is 12.3. The van der Waals surface area contributed by atoms with Crippen molar-refractivity contribution in [1.29, 1.82) is 0 Å². The molecule has 0 fully saturated rings. The first-order valence-electron chi connectivity index (χ1n) is 7.80. The standard InChI is InChI=1S/C18H17Cl3N2O3/c1-11(24)22-13-5-6-16(14(20)10-13)23-18(25)3-2-8-26-17-7-4-12(19)9-15(17)21/h4-7,9-10H,2-3,8H2,1H3,(H,22,24)(H,23,25). The molecule has 2 aromatic carbocycles. The summed E-state index contributed by atoms with van der Waals surface area (Å²) in [6, 6.07) is 9.83. The van der Waals surface area contributed by atoms with Gasteiger partial charge >= 0.3 is 0 Å². The Hall–Kier alpha value is -1.95. The van der Waals surface area contributed by atoms with Gasteiger partial charge in [-0.25, -0.2) is 0 Å². The number of amides is 2. The van der Waals surface area contributed by atoms with Crippen LogP contribution in [-0.4, -0.2) is 18.4 Å². The molecule has 26 heavy (non-hydrogen) atoms. The number of hydrogen-bond acceptors (Lipinski definition) is 3. The molecule has 5 nitrogen and oxygen atoms in total. The molecule has 2 amide bonds. The number of carbonyl (C=O) groups excluding carboxylic acids is 2. The lowest BCUT2D eigenvalue weighted by atomic mass is 10.2. The van der Waals surface area contributed by atoms with Crippen LogP contribution in [0.15, 0.2) is 36.4 Å². The maximum absolute atomic E-state index is 12.0. The number of rotatable bonds is 7. The van der Waals surface area contributed by atoms with Crippen LogP contribution in [0.2, 0.25) is 15.1 Å². The number of nitrogens with one attached hydrogen (secondary N) is 2. The number of ether oxygens (including phenoxy) is 1. The molecule has 2 aromatic rings. The van der Waals surface area contributed by atoms with Gasteiger partial charge in [0, 0.05) is 24.1 Å². The van der Waals surface area contributed by atoms with Crippen LogP contribution in [0.5, 0.6) is 5.75 Å². The van der Waals surface area contributed by atoms with Crippen molar-refractivity contribution in [3.05, 3.63) is 51.5 Å². The lowest BCUT2D eigenvalue weighted by Crippen LogP contribution is -2.13. The summed E-state index contributed by atoms with van der Waals surface area (Å²) in [5.41, 5.74) is 1.04. The Morgan fingerprint density at radius 3 is 2.42 bits per heavy atom. The van der Waals surface area contributed by atoms with Gasteiger partial charge in [-0.05, 0) is 42.8 Å². The molecule has 0 saturated carbocycles. The van der Waals surface area contributed by atoms with Crippen LogP contribution < -0.4 is 15.4 Å². The Morgan fingerprint density at radius 1 is 1.00 bits per heavy atom. The Kier molecular flexibility index (Phi) is 7.57. The van der Waals surface area contributed by atoms with Gasteiger partial charge in [-0.2, -0.15) is 0 Å². The van der Waals surface area contributed by atoms with Crippen LogP contribution in [0.3, 0.4) is 0 Å². The van der Waals surface area contributed by atoms with Gasteiger partial charge in [0.1, 0.15) is 5.75 Å². The van der Waals surface area contributed by atoms with Gasteiger partial charge in [-0.3, -0.25) is 9.59 Å². The highest BCUT2D eigenvalue weighted by atomic mass is 35.5. The fourth-order valence-corrected chi connectivity index (χ4v) is 2.81. The monoisotopic (exact) mass is 414 g/mol. The number of benzene rings is 2. The van der Waals surface area contributed by atoms with Crippen molar-refractivity contribution in [2.75, 3.05) is 17.2 Å². The first-order valence-corrected chi connectivity index (χ1v) is 8.93. The number of carbonyl (C=O) groups is 2. The predicted octanol–water partition coefficient (Wildman–Crippen LogP) is 5.40. The van der Waals surface area contributed by atoms with Crippen LogP contribution in [0, 0.1) is 0 Å². The summed E-state index contributed by atoms with van der Waals surface area (Å²) in [7, 11) is 0. The normalized spacial score (nSPS) is 10.3. The Morgan fingerprint density at radius 2 is 1.77 bits per heavy atom. The van der Waals surface area contributed by atoms with E-state index in [0.717, 1.165) is 0 Å². The van der Waals surface area contributed by atoms with E-state index in [9.17, 15) is 9.59 Å². The summed E-state index contributed by atoms with van der Waals surface area (Å²) in [5, 5.41) is 6.64. The second-order valence-electron chi connectivity index (χ2n) is 5.45. The van der Waals surface area contributed by atoms with Gasteiger partial charge in [0.25, 0.3) is 0 Å². The van der Waals surface area contributed by atoms with Crippen LogP contribution in [0.25, 0.3) is 0 Å². The third kappa shape index (κ3) is 6.41. The van der Waals surface area contributed by atoms with E-state index in [1.165, 1.54) is 6.92 Å². The summed E-state index contributed by atoms with van der Waals surface area (Å²) in [4.78, 5) is 23.0. The van der Waals surface area contributed by atoms with Gasteiger partial charge in [0.05, 0.1) is 22.3 Å². The van der Waals surface area contributed by atoms with E-state index in [2.05, 4.69) is 10.6 Å². The zero-order valence-electron chi connectivity index (χ0n) is 13.9. The van der Waals surface area contributed by atoms with Gasteiger partial charge in [0.2, 0.25) is 11.8 Å². The minimum atomic E-state index is -0.196. The van der Waals surface area contributed by atoms with E-state index >= 15 is 0 Å². The molecule has 0 bridgehead atoms. The molecule has 0 aliphatic rings. The molecule has 0 aliphatic heterocycles. The predicted molar refractivity (Wildman–Crippen MR) is 106 cm³/mol. The fourth-order valence-electron chi connectivity index (χ4n) is 2.12. The maximum atomic E-state index is 12.0. The minimum Gasteiger partial charge on any atom is -0.492 e. The molecule has 138 valence electrons. The zero-order chi connectivity index (χ0) is 19.1. The lowest BCUT2D eigenvalue weighted by molar-refractivity contribution is -0.116. The van der Waals surface area contributed by atoms with Gasteiger partial charge < -0.3 is 15.4 Å². The highest BCUT2D eigenvalue weighted by molar-refractivity contribution is 6.35. The maximum Gasteiger partial charge on any atom is 0.224 e. The molecule has 2 rings (SSSR count). The van der Waals surface area contributed by atoms with Crippen molar-refractivity contribution >= 4 is 58.0 Å². The van der Waals surface area contributed by atoms with Crippen LogP contribution in [-0.2, 0) is 9.59 Å². The van der Waals surface area contributed by atoms with Gasteiger partial charge in [0.15, 0.2) is 0 Å². The second-order valence-corrected chi connectivity index (χ2v) is 6.70. The summed E-state index contributed by atoms with van der Waals surface area (Å²) < 4.78 is 5.53. The number of hydrogen-bond donors (Lipinski definition) is 2. The van der Waals surface area contributed by atoms with E-state index in [4.69, 9.17) is 39.5 Å². The molecule has 0 aliphatic carbocycles. The molecule has 0 aromatic heterocycles. The SMILES string of the molecule is CC(=O)Nc1ccc(NC(=O)CCCOc2ccc(Cl)cc2Cl)c(Cl)c1. The van der Waals surface area contributed by atoms with Crippen molar-refractivity contribution in [3.8, 4) is 5.75 Å². The molecular weight excluding hydrogens is 399 g/mol. The van der Waals surface area contributed by atoms with Gasteiger partial charge in [-0.1, -0.05) is 34.8 Å². The van der Waals surface area contributed by atoms with Crippen molar-refractivity contribution in [1.82, 2.24) is 0 Å². The summed E-state index contributed by atoms with van der Waals surface area (Å²) >= 11 is 17.9. The lowest BCUT2D eigenvalue weighted by Gasteiger charge is -2.10. The van der Waals surface area contributed by atoms with E-state index < -0.39 is 0 Å². The number of anilines is 2. The van der Waals surface area contributed by atoms with E-state index in [0.29, 0.717) is 45.2 Å². The van der Waals surface area contributed by atoms with E-state index in [1.807, 2.05) is 0 Å². The van der Waals surface area contributed by atoms with Crippen molar-refractivity contribution < 1.29 is 14.3 Å². The third-order valence-corrected chi connectivity index (χ3v) is 4.11. The summed E-state index contributed by atoms with van der Waals surface area (Å²) in [6.07, 6.45) is 0.765. The Labute approximate surface area is 166 Å². The molecule has 0 atom stereocenters. The molecular formula is C18H17Cl3N2O3. The molecule has 0 unspecified atom stereocenters. The molecule has 0 saturated heterocycles. The second kappa shape index (κ2) is 9.67. The van der Waals surface area contributed by atoms with E-state index in [-0.39, 0.29) is 18.2 Å². The number of halogens is 3. The summed E-state index contributed by atoms with van der Waals surface area (Å²) in [6.45, 7) is 1.74. The van der Waals surface area contributed by atoms with Crippen molar-refractivity contribution in [2.45, 2.75) is 19.8 Å². The minimum absolute atomic E-state index is 0.190. The average molecular weight is 416 g/mol. The molecule has 8 heteroatoms. The summed E-state index contributed by atoms with van der Waals surface area (Å²) in [5.74, 6) is 0.136. The highest BCUT2D eigenvalue weighted by Gasteiger charge is 2.08. The fraction of sp³-hybridized carbons (Fsp3) is 0.222. The van der Waals surface area contributed by atoms with Crippen LogP contribution >= 0.6 is 34.8 Å². The average Bonchev–Trinajstić information content (AvgIpc) is 2.55. The smallest absolute Gasteiger partial charge is 0.224 e. The highest BCUT2D eigenvalue weighted by Crippen LogP contribution is 2.28. The third-order valence-electron chi connectivity index (χ3n) is 3.26. The van der Waals surface area contributed by atoms with Crippen molar-refractivity contribution in [3.63, 3.8) is 0 Å². The molecule has 2 N–H and O–H groups in total. The largest absolute Gasteiger partial charge is 0.492 e. The van der Waals surface area contributed by atoms with Crippen LogP contribution in [0.1, 0.15) is 19.8 Å². The van der Waals surface area contributed by atoms with E-state index in [1.54, 1.807) is 36.4 Å². The zero-order valence-corrected chi connectivity index (χ0v) is 16.2. The molecule has 0 spiro atoms. The Bertz CT molecular complexity index is 812. The van der Waals surface area contributed by atoms with Crippen LogP contribution in [0.4, 0.5) is 11.4 Å². The Balaban J connectivity index is 1.79. The molecule has 0 radical (unpaired) electrons. The first kappa shape index (κ1) is 20.4. The topological polar surface area (TPSA) is 67.4 Å².